The van der Waals surface area contributed by atoms with E-state index in [-0.39, 0.29) is 24.1 Å². The van der Waals surface area contributed by atoms with Gasteiger partial charge in [0.25, 0.3) is 5.91 Å². The number of carbonyl (C=O) groups excluding carboxylic acids is 2. The molecule has 0 aliphatic heterocycles. The molecule has 0 fully saturated rings. The highest BCUT2D eigenvalue weighted by Crippen LogP contribution is 2.29. The number of hydrogen-bond acceptors (Lipinski definition) is 5. The van der Waals surface area contributed by atoms with E-state index in [0.717, 1.165) is 24.8 Å². The molecule has 1 aliphatic carbocycles. The number of benzene rings is 2. The number of aryl methyl sites for hydroxylation is 1. The number of carbonyl (C=O) groups is 2. The minimum absolute atomic E-state index is 0.0486. The molecule has 1 aliphatic rings. The van der Waals surface area contributed by atoms with Crippen molar-refractivity contribution < 1.29 is 23.8 Å². The fourth-order valence-electron chi connectivity index (χ4n) is 3.32. The van der Waals surface area contributed by atoms with Crippen LogP contribution in [0.2, 0.25) is 0 Å². The van der Waals surface area contributed by atoms with Crippen LogP contribution in [0.1, 0.15) is 40.4 Å². The van der Waals surface area contributed by atoms with Gasteiger partial charge < -0.3 is 19.5 Å². The molecular weight excluding hydrogens is 346 g/mol. The van der Waals surface area contributed by atoms with Gasteiger partial charge in [-0.3, -0.25) is 4.79 Å². The Labute approximate surface area is 158 Å². The van der Waals surface area contributed by atoms with Crippen LogP contribution >= 0.6 is 0 Å². The number of nitrogens with one attached hydrogen (secondary N) is 1. The molecule has 2 aromatic rings. The first-order valence-electron chi connectivity index (χ1n) is 8.88. The van der Waals surface area contributed by atoms with Crippen molar-refractivity contribution in [3.63, 3.8) is 0 Å². The van der Waals surface area contributed by atoms with Crippen LogP contribution in [-0.2, 0) is 16.0 Å². The molecule has 1 N–H and O–H groups in total. The van der Waals surface area contributed by atoms with Crippen molar-refractivity contribution in [2.45, 2.75) is 25.3 Å². The van der Waals surface area contributed by atoms with Gasteiger partial charge in [0.1, 0.15) is 17.1 Å². The van der Waals surface area contributed by atoms with Gasteiger partial charge in [-0.2, -0.15) is 0 Å². The largest absolute Gasteiger partial charge is 0.497 e. The molecular formula is C21H23NO5. The van der Waals surface area contributed by atoms with E-state index in [9.17, 15) is 9.59 Å². The lowest BCUT2D eigenvalue weighted by Gasteiger charge is -2.26. The fraction of sp³-hybridized carbons (Fsp3) is 0.333. The third kappa shape index (κ3) is 4.39. The zero-order chi connectivity index (χ0) is 19.2. The first-order valence-corrected chi connectivity index (χ1v) is 8.88. The van der Waals surface area contributed by atoms with Crippen molar-refractivity contribution in [1.82, 2.24) is 5.32 Å². The molecule has 0 unspecified atom stereocenters. The summed E-state index contributed by atoms with van der Waals surface area (Å²) in [5.74, 6) is -0.0923. The van der Waals surface area contributed by atoms with Crippen LogP contribution in [0.15, 0.2) is 42.5 Å². The van der Waals surface area contributed by atoms with Crippen molar-refractivity contribution in [2.24, 2.45) is 0 Å². The Morgan fingerprint density at radius 3 is 2.70 bits per heavy atom. The van der Waals surface area contributed by atoms with Crippen molar-refractivity contribution in [1.29, 1.82) is 0 Å². The molecule has 1 amide bonds. The van der Waals surface area contributed by atoms with Gasteiger partial charge in [0, 0.05) is 0 Å². The normalized spacial score (nSPS) is 15.4. The van der Waals surface area contributed by atoms with Gasteiger partial charge in [-0.15, -0.1) is 0 Å². The summed E-state index contributed by atoms with van der Waals surface area (Å²) in [5.41, 5.74) is 2.61. The second kappa shape index (κ2) is 8.58. The fourth-order valence-corrected chi connectivity index (χ4v) is 3.32. The molecule has 2 aromatic carbocycles. The predicted octanol–water partition coefficient (Wildman–Crippen LogP) is 3.05. The summed E-state index contributed by atoms with van der Waals surface area (Å²) in [5, 5.41) is 2.96. The average molecular weight is 369 g/mol. The standard InChI is InChI=1S/C21H23NO5/c1-25-15-10-11-19(26-2)17(12-15)21(24)27-13-20(23)22-18-9-5-7-14-6-3-4-8-16(14)18/h3-4,6,8,10-12,18H,5,7,9,13H2,1-2H3,(H,22,23)/t18-/m1/s1. The molecule has 0 radical (unpaired) electrons. The van der Waals surface area contributed by atoms with E-state index in [0.29, 0.717) is 11.5 Å². The molecule has 27 heavy (non-hydrogen) atoms. The van der Waals surface area contributed by atoms with E-state index < -0.39 is 5.97 Å². The van der Waals surface area contributed by atoms with Crippen LogP contribution in [-0.4, -0.2) is 32.7 Å². The number of esters is 1. The van der Waals surface area contributed by atoms with Crippen LogP contribution < -0.4 is 14.8 Å². The summed E-state index contributed by atoms with van der Waals surface area (Å²) in [6, 6.07) is 12.9. The summed E-state index contributed by atoms with van der Waals surface area (Å²) in [7, 11) is 2.97. The average Bonchev–Trinajstić information content (AvgIpc) is 2.71. The summed E-state index contributed by atoms with van der Waals surface area (Å²) < 4.78 is 15.5. The van der Waals surface area contributed by atoms with Crippen molar-refractivity contribution >= 4 is 11.9 Å². The molecule has 1 atom stereocenters. The lowest BCUT2D eigenvalue weighted by molar-refractivity contribution is -0.125. The Morgan fingerprint density at radius 2 is 1.93 bits per heavy atom. The predicted molar refractivity (Wildman–Crippen MR) is 100 cm³/mol. The second-order valence-corrected chi connectivity index (χ2v) is 6.35. The Kier molecular flexibility index (Phi) is 5.96. The van der Waals surface area contributed by atoms with Gasteiger partial charge >= 0.3 is 5.97 Å². The molecule has 0 spiro atoms. The van der Waals surface area contributed by atoms with E-state index in [1.807, 2.05) is 18.2 Å². The smallest absolute Gasteiger partial charge is 0.342 e. The number of amides is 1. The maximum Gasteiger partial charge on any atom is 0.342 e. The van der Waals surface area contributed by atoms with E-state index in [1.165, 1.54) is 25.8 Å². The van der Waals surface area contributed by atoms with E-state index in [4.69, 9.17) is 14.2 Å². The van der Waals surface area contributed by atoms with Gasteiger partial charge in [-0.25, -0.2) is 4.79 Å². The molecule has 3 rings (SSSR count). The van der Waals surface area contributed by atoms with Gasteiger partial charge in [-0.05, 0) is 48.6 Å². The zero-order valence-electron chi connectivity index (χ0n) is 15.5. The van der Waals surface area contributed by atoms with Crippen LogP contribution in [0.3, 0.4) is 0 Å². The number of rotatable bonds is 6. The summed E-state index contributed by atoms with van der Waals surface area (Å²) in [6.45, 7) is -0.349. The minimum atomic E-state index is -0.634. The van der Waals surface area contributed by atoms with Gasteiger partial charge in [0.15, 0.2) is 6.61 Å². The van der Waals surface area contributed by atoms with Crippen molar-refractivity contribution in [3.05, 3.63) is 59.2 Å². The molecule has 142 valence electrons. The summed E-state index contributed by atoms with van der Waals surface area (Å²) in [4.78, 5) is 24.6. The third-order valence-electron chi connectivity index (χ3n) is 4.67. The molecule has 0 aromatic heterocycles. The van der Waals surface area contributed by atoms with E-state index >= 15 is 0 Å². The number of methoxy groups -OCH3 is 2. The molecule has 6 nitrogen and oxygen atoms in total. The molecule has 0 saturated heterocycles. The maximum atomic E-state index is 12.3. The number of hydrogen-bond donors (Lipinski definition) is 1. The van der Waals surface area contributed by atoms with Gasteiger partial charge in [-0.1, -0.05) is 24.3 Å². The first-order chi connectivity index (χ1) is 13.1. The molecule has 0 saturated carbocycles. The van der Waals surface area contributed by atoms with Crippen molar-refractivity contribution in [2.75, 3.05) is 20.8 Å². The third-order valence-corrected chi connectivity index (χ3v) is 4.67. The van der Waals surface area contributed by atoms with Crippen LogP contribution in [0, 0.1) is 0 Å². The summed E-state index contributed by atoms with van der Waals surface area (Å²) >= 11 is 0. The highest BCUT2D eigenvalue weighted by Gasteiger charge is 2.22. The monoisotopic (exact) mass is 369 g/mol. The highest BCUT2D eigenvalue weighted by atomic mass is 16.5. The van der Waals surface area contributed by atoms with Crippen LogP contribution in [0.25, 0.3) is 0 Å². The molecule has 6 heteroatoms. The van der Waals surface area contributed by atoms with E-state index in [1.54, 1.807) is 12.1 Å². The van der Waals surface area contributed by atoms with Gasteiger partial charge in [0.2, 0.25) is 0 Å². The van der Waals surface area contributed by atoms with Crippen molar-refractivity contribution in [3.8, 4) is 11.5 Å². The lowest BCUT2D eigenvalue weighted by atomic mass is 9.88. The zero-order valence-corrected chi connectivity index (χ0v) is 15.5. The Balaban J connectivity index is 1.61. The SMILES string of the molecule is COc1ccc(OC)c(C(=O)OCC(=O)N[C@@H]2CCCc3ccccc32)c1. The number of ether oxygens (including phenoxy) is 3. The molecule has 0 heterocycles. The molecule has 0 bridgehead atoms. The topological polar surface area (TPSA) is 73.9 Å². The Bertz CT molecular complexity index is 833. The maximum absolute atomic E-state index is 12.3. The minimum Gasteiger partial charge on any atom is -0.497 e. The Morgan fingerprint density at radius 1 is 1.11 bits per heavy atom. The lowest BCUT2D eigenvalue weighted by Crippen LogP contribution is -2.34. The van der Waals surface area contributed by atoms with Crippen LogP contribution in [0.4, 0.5) is 0 Å². The van der Waals surface area contributed by atoms with Gasteiger partial charge in [0.05, 0.1) is 20.3 Å². The quantitative estimate of drug-likeness (QED) is 0.792. The Hall–Kier alpha value is -3.02. The highest BCUT2D eigenvalue weighted by molar-refractivity contribution is 5.94. The summed E-state index contributed by atoms with van der Waals surface area (Å²) in [6.07, 6.45) is 2.91. The van der Waals surface area contributed by atoms with E-state index in [2.05, 4.69) is 11.4 Å². The first kappa shape index (κ1) is 18.8. The van der Waals surface area contributed by atoms with Crippen LogP contribution in [0.5, 0.6) is 11.5 Å². The number of fused-ring (bicyclic) bond motifs is 1. The second-order valence-electron chi connectivity index (χ2n) is 6.35.